The van der Waals surface area contributed by atoms with Crippen LogP contribution in [0.15, 0.2) is 48.5 Å². The molecule has 1 aliphatic rings. The van der Waals surface area contributed by atoms with Crippen LogP contribution in [0.25, 0.3) is 0 Å². The number of benzene rings is 2. The molecular formula is C29H36ClN3O2. The van der Waals surface area contributed by atoms with E-state index < -0.39 is 11.5 Å². The van der Waals surface area contributed by atoms with Crippen LogP contribution in [-0.4, -0.2) is 29.3 Å². The molecule has 0 aromatic heterocycles. The minimum atomic E-state index is -0.556. The third-order valence-electron chi connectivity index (χ3n) is 7.26. The maximum absolute atomic E-state index is 13.0. The number of carbonyl (C=O) groups excluding carboxylic acids is 2. The van der Waals surface area contributed by atoms with Gasteiger partial charge in [-0.25, -0.2) is 0 Å². The summed E-state index contributed by atoms with van der Waals surface area (Å²) in [5.74, 6) is 0.0773. The van der Waals surface area contributed by atoms with E-state index in [0.717, 1.165) is 29.5 Å². The number of nitrogens with zero attached hydrogens (tertiary/aromatic N) is 2. The van der Waals surface area contributed by atoms with Crippen molar-refractivity contribution in [1.29, 1.82) is 5.26 Å². The summed E-state index contributed by atoms with van der Waals surface area (Å²) in [7, 11) is 0. The number of nitrogens with one attached hydrogen (secondary N) is 1. The maximum Gasteiger partial charge on any atom is 0.243 e. The molecule has 0 aliphatic carbocycles. The third-order valence-corrected chi connectivity index (χ3v) is 7.67. The highest BCUT2D eigenvalue weighted by Gasteiger charge is 2.36. The van der Waals surface area contributed by atoms with Gasteiger partial charge in [0.15, 0.2) is 0 Å². The number of amides is 2. The van der Waals surface area contributed by atoms with E-state index in [2.05, 4.69) is 25.2 Å². The van der Waals surface area contributed by atoms with Gasteiger partial charge in [-0.15, -0.1) is 0 Å². The Hall–Kier alpha value is -2.84. The van der Waals surface area contributed by atoms with Crippen LogP contribution >= 0.6 is 11.6 Å². The third kappa shape index (κ3) is 6.44. The van der Waals surface area contributed by atoms with Crippen molar-refractivity contribution in [2.24, 2.45) is 5.92 Å². The van der Waals surface area contributed by atoms with E-state index in [9.17, 15) is 14.9 Å². The first kappa shape index (κ1) is 26.8. The van der Waals surface area contributed by atoms with Gasteiger partial charge in [-0.1, -0.05) is 74.3 Å². The molecule has 6 heteroatoms. The molecule has 0 bridgehead atoms. The summed E-state index contributed by atoms with van der Waals surface area (Å²) >= 11 is 6.19. The number of likely N-dealkylation sites (tertiary alicyclic amines) is 1. The number of hydrogen-bond donors (Lipinski definition) is 1. The van der Waals surface area contributed by atoms with E-state index in [0.29, 0.717) is 43.8 Å². The minimum Gasteiger partial charge on any atom is -0.350 e. The molecule has 1 aliphatic heterocycles. The zero-order valence-corrected chi connectivity index (χ0v) is 21.8. The Bertz CT molecular complexity index is 1060. The molecule has 5 nitrogen and oxygen atoms in total. The summed E-state index contributed by atoms with van der Waals surface area (Å²) in [6.45, 7) is 7.12. The van der Waals surface area contributed by atoms with E-state index in [4.69, 9.17) is 11.6 Å². The van der Waals surface area contributed by atoms with Gasteiger partial charge in [-0.05, 0) is 61.3 Å². The Kier molecular flexibility index (Phi) is 9.34. The molecule has 1 fully saturated rings. The second-order valence-corrected chi connectivity index (χ2v) is 10.3. The highest BCUT2D eigenvalue weighted by molar-refractivity contribution is 6.31. The normalized spacial score (nSPS) is 17.1. The van der Waals surface area contributed by atoms with Gasteiger partial charge in [0, 0.05) is 24.5 Å². The Morgan fingerprint density at radius 1 is 1.20 bits per heavy atom. The molecule has 0 unspecified atom stereocenters. The smallest absolute Gasteiger partial charge is 0.243 e. The summed E-state index contributed by atoms with van der Waals surface area (Å²) < 4.78 is 0. The molecule has 2 atom stereocenters. The molecule has 2 amide bonds. The number of unbranched alkanes of at least 4 members (excludes halogenated alkanes) is 1. The van der Waals surface area contributed by atoms with E-state index in [1.807, 2.05) is 55.5 Å². The second kappa shape index (κ2) is 12.2. The standard InChI is InChI=1S/C29H36ClN3O2/c1-21(2)29(20-31,24-10-5-4-6-11-24)16-8-7-13-27(34)33-17-9-12-26(33)28(35)32-19-23-15-14-22(3)25(30)18-23/h4-6,10-11,14-15,18,21,26H,7-9,12-13,16-17,19H2,1-3H3,(H,32,35)/t26-,29+/m1/s1. The Morgan fingerprint density at radius 3 is 2.60 bits per heavy atom. The fourth-order valence-corrected chi connectivity index (χ4v) is 5.17. The van der Waals surface area contributed by atoms with Crippen molar-refractivity contribution in [2.45, 2.75) is 77.3 Å². The van der Waals surface area contributed by atoms with Crippen molar-refractivity contribution in [1.82, 2.24) is 10.2 Å². The summed E-state index contributed by atoms with van der Waals surface area (Å²) in [6.07, 6.45) is 4.11. The summed E-state index contributed by atoms with van der Waals surface area (Å²) in [4.78, 5) is 27.6. The monoisotopic (exact) mass is 493 g/mol. The minimum absolute atomic E-state index is 0.0212. The number of rotatable bonds is 10. The Labute approximate surface area is 214 Å². The largest absolute Gasteiger partial charge is 0.350 e. The van der Waals surface area contributed by atoms with Crippen LogP contribution < -0.4 is 5.32 Å². The molecule has 3 rings (SSSR count). The lowest BCUT2D eigenvalue weighted by Crippen LogP contribution is -2.45. The fourth-order valence-electron chi connectivity index (χ4n) is 4.97. The molecule has 2 aromatic rings. The molecule has 1 saturated heterocycles. The SMILES string of the molecule is Cc1ccc(CNC(=O)[C@H]2CCCN2C(=O)CCCC[C@@](C#N)(c2ccccc2)C(C)C)cc1Cl. The van der Waals surface area contributed by atoms with Crippen LogP contribution in [-0.2, 0) is 21.5 Å². The van der Waals surface area contributed by atoms with Gasteiger partial charge in [-0.3, -0.25) is 9.59 Å². The van der Waals surface area contributed by atoms with Crippen molar-refractivity contribution in [3.8, 4) is 6.07 Å². The molecule has 1 N–H and O–H groups in total. The Balaban J connectivity index is 1.52. The van der Waals surface area contributed by atoms with Crippen LogP contribution in [0.2, 0.25) is 5.02 Å². The van der Waals surface area contributed by atoms with Crippen LogP contribution in [0.4, 0.5) is 0 Å². The number of nitriles is 1. The molecule has 0 spiro atoms. The number of hydrogen-bond acceptors (Lipinski definition) is 3. The van der Waals surface area contributed by atoms with Crippen molar-refractivity contribution in [2.75, 3.05) is 6.54 Å². The van der Waals surface area contributed by atoms with Crippen molar-refractivity contribution in [3.63, 3.8) is 0 Å². The summed E-state index contributed by atoms with van der Waals surface area (Å²) in [5, 5.41) is 13.7. The molecule has 0 saturated carbocycles. The predicted octanol–water partition coefficient (Wildman–Crippen LogP) is 5.93. The molecule has 0 radical (unpaired) electrons. The van der Waals surface area contributed by atoms with Crippen LogP contribution in [0.3, 0.4) is 0 Å². The molecule has 2 aromatic carbocycles. The topological polar surface area (TPSA) is 73.2 Å². The fraction of sp³-hybridized carbons (Fsp3) is 0.483. The van der Waals surface area contributed by atoms with Gasteiger partial charge < -0.3 is 10.2 Å². The predicted molar refractivity (Wildman–Crippen MR) is 140 cm³/mol. The van der Waals surface area contributed by atoms with Crippen LogP contribution in [0.1, 0.15) is 69.1 Å². The highest BCUT2D eigenvalue weighted by Crippen LogP contribution is 2.37. The summed E-state index contributed by atoms with van der Waals surface area (Å²) in [5.41, 5.74) is 2.42. The van der Waals surface area contributed by atoms with Crippen molar-refractivity contribution < 1.29 is 9.59 Å². The van der Waals surface area contributed by atoms with Crippen molar-refractivity contribution in [3.05, 3.63) is 70.2 Å². The van der Waals surface area contributed by atoms with E-state index >= 15 is 0 Å². The first-order valence-electron chi connectivity index (χ1n) is 12.6. The molecular weight excluding hydrogens is 458 g/mol. The average molecular weight is 494 g/mol. The van der Waals surface area contributed by atoms with Gasteiger partial charge in [0.1, 0.15) is 6.04 Å². The zero-order valence-electron chi connectivity index (χ0n) is 21.0. The van der Waals surface area contributed by atoms with Gasteiger partial charge in [0.2, 0.25) is 11.8 Å². The van der Waals surface area contributed by atoms with Gasteiger partial charge >= 0.3 is 0 Å². The zero-order chi connectivity index (χ0) is 25.4. The first-order chi connectivity index (χ1) is 16.8. The van der Waals surface area contributed by atoms with E-state index in [-0.39, 0.29) is 17.7 Å². The second-order valence-electron chi connectivity index (χ2n) is 9.86. The number of aryl methyl sites for hydroxylation is 1. The first-order valence-corrected chi connectivity index (χ1v) is 13.0. The van der Waals surface area contributed by atoms with Crippen LogP contribution in [0.5, 0.6) is 0 Å². The molecule has 1 heterocycles. The van der Waals surface area contributed by atoms with Crippen LogP contribution in [0, 0.1) is 24.2 Å². The Morgan fingerprint density at radius 2 is 1.94 bits per heavy atom. The van der Waals surface area contributed by atoms with E-state index in [1.165, 1.54) is 0 Å². The van der Waals surface area contributed by atoms with E-state index in [1.54, 1.807) is 4.90 Å². The molecule has 35 heavy (non-hydrogen) atoms. The van der Waals surface area contributed by atoms with Crippen molar-refractivity contribution >= 4 is 23.4 Å². The quantitative estimate of drug-likeness (QED) is 0.416. The van der Waals surface area contributed by atoms with Gasteiger partial charge in [0.05, 0.1) is 11.5 Å². The maximum atomic E-state index is 13.0. The average Bonchev–Trinajstić information content (AvgIpc) is 3.35. The lowest BCUT2D eigenvalue weighted by atomic mass is 9.69. The van der Waals surface area contributed by atoms with Gasteiger partial charge in [0.25, 0.3) is 0 Å². The highest BCUT2D eigenvalue weighted by atomic mass is 35.5. The van der Waals surface area contributed by atoms with Gasteiger partial charge in [-0.2, -0.15) is 5.26 Å². The lowest BCUT2D eigenvalue weighted by Gasteiger charge is -2.31. The summed E-state index contributed by atoms with van der Waals surface area (Å²) in [6, 6.07) is 17.9. The number of halogens is 1. The number of carbonyl (C=O) groups is 2. The lowest BCUT2D eigenvalue weighted by molar-refractivity contribution is -0.138. The molecule has 186 valence electrons.